The van der Waals surface area contributed by atoms with E-state index in [-0.39, 0.29) is 11.5 Å². The van der Waals surface area contributed by atoms with Crippen LogP contribution < -0.4 is 0 Å². The van der Waals surface area contributed by atoms with Gasteiger partial charge in [0.1, 0.15) is 0 Å². The molecule has 2 nitrogen and oxygen atoms in total. The van der Waals surface area contributed by atoms with Gasteiger partial charge in [-0.3, -0.25) is 0 Å². The van der Waals surface area contributed by atoms with Crippen LogP contribution in [0.4, 0.5) is 13.2 Å². The molecule has 0 amide bonds. The average Bonchev–Trinajstić information content (AvgIpc) is 2.43. The van der Waals surface area contributed by atoms with Crippen LogP contribution >= 0.6 is 0 Å². The quantitative estimate of drug-likeness (QED) is 0.838. The fraction of sp³-hybridized carbons (Fsp3) is 0.533. The lowest BCUT2D eigenvalue weighted by Crippen LogP contribution is -2.33. The lowest BCUT2D eigenvalue weighted by molar-refractivity contribution is 0.0214. The van der Waals surface area contributed by atoms with Crippen molar-refractivity contribution in [2.24, 2.45) is 11.3 Å². The zero-order chi connectivity index (χ0) is 14.9. The highest BCUT2D eigenvalue weighted by atomic mass is 19.2. The Labute approximate surface area is 115 Å². The summed E-state index contributed by atoms with van der Waals surface area (Å²) in [7, 11) is 0. The summed E-state index contributed by atoms with van der Waals surface area (Å²) in [6.45, 7) is 1.98. The summed E-state index contributed by atoms with van der Waals surface area (Å²) in [6, 6.07) is 3.64. The van der Waals surface area contributed by atoms with Gasteiger partial charge in [-0.1, -0.05) is 19.8 Å². The van der Waals surface area contributed by atoms with Crippen LogP contribution in [-0.2, 0) is 0 Å². The number of hydrogen-bond acceptors (Lipinski definition) is 2. The van der Waals surface area contributed by atoms with Crippen LogP contribution in [0.3, 0.4) is 0 Å². The van der Waals surface area contributed by atoms with E-state index >= 15 is 0 Å². The molecule has 1 saturated carbocycles. The monoisotopic (exact) mass is 283 g/mol. The van der Waals surface area contributed by atoms with Crippen LogP contribution in [0.15, 0.2) is 12.1 Å². The first-order chi connectivity index (χ1) is 9.39. The minimum absolute atomic E-state index is 0.0861. The van der Waals surface area contributed by atoms with Crippen LogP contribution in [0.1, 0.15) is 44.3 Å². The summed E-state index contributed by atoms with van der Waals surface area (Å²) >= 11 is 0. The molecule has 0 radical (unpaired) electrons. The van der Waals surface area contributed by atoms with Crippen LogP contribution in [0, 0.1) is 40.1 Å². The summed E-state index contributed by atoms with van der Waals surface area (Å²) in [5.74, 6) is -4.01. The van der Waals surface area contributed by atoms with Crippen molar-refractivity contribution in [3.05, 3.63) is 35.1 Å². The van der Waals surface area contributed by atoms with E-state index in [1.165, 1.54) is 0 Å². The van der Waals surface area contributed by atoms with Gasteiger partial charge in [0.25, 0.3) is 0 Å². The average molecular weight is 283 g/mol. The van der Waals surface area contributed by atoms with E-state index in [2.05, 4.69) is 6.07 Å². The summed E-state index contributed by atoms with van der Waals surface area (Å²) in [6.07, 6.45) is 1.35. The second-order valence-corrected chi connectivity index (χ2v) is 5.67. The molecule has 1 aromatic carbocycles. The number of aliphatic hydroxyl groups excluding tert-OH is 1. The van der Waals surface area contributed by atoms with Gasteiger partial charge in [0, 0.05) is 0 Å². The summed E-state index contributed by atoms with van der Waals surface area (Å²) in [4.78, 5) is 0. The van der Waals surface area contributed by atoms with Gasteiger partial charge in [-0.05, 0) is 36.5 Å². The predicted molar refractivity (Wildman–Crippen MR) is 67.0 cm³/mol. The normalized spacial score (nSPS) is 27.9. The summed E-state index contributed by atoms with van der Waals surface area (Å²) < 4.78 is 39.5. The highest BCUT2D eigenvalue weighted by Gasteiger charge is 2.42. The van der Waals surface area contributed by atoms with Gasteiger partial charge in [-0.2, -0.15) is 5.26 Å². The van der Waals surface area contributed by atoms with Crippen molar-refractivity contribution in [3.8, 4) is 6.07 Å². The first kappa shape index (κ1) is 14.9. The van der Waals surface area contributed by atoms with Gasteiger partial charge in [0.05, 0.1) is 17.6 Å². The fourth-order valence-electron chi connectivity index (χ4n) is 3.05. The molecule has 0 spiro atoms. The lowest BCUT2D eigenvalue weighted by atomic mass is 9.66. The first-order valence-corrected chi connectivity index (χ1v) is 6.63. The molecule has 0 saturated heterocycles. The number of nitriles is 1. The Morgan fingerprint density at radius 1 is 1.35 bits per heavy atom. The molecule has 0 heterocycles. The third kappa shape index (κ3) is 2.53. The molecule has 1 aliphatic rings. The Hall–Kier alpha value is -1.54. The van der Waals surface area contributed by atoms with Gasteiger partial charge in [-0.15, -0.1) is 0 Å². The Balaban J connectivity index is 2.39. The van der Waals surface area contributed by atoms with Crippen LogP contribution in [0.2, 0.25) is 0 Å². The molecule has 5 heteroatoms. The molecule has 0 bridgehead atoms. The SMILES string of the molecule is CC1CCCC(C#N)(C(O)c2cc(F)c(F)c(F)c2)C1. The van der Waals surface area contributed by atoms with E-state index < -0.39 is 29.0 Å². The Morgan fingerprint density at radius 2 is 1.95 bits per heavy atom. The topological polar surface area (TPSA) is 44.0 Å². The van der Waals surface area contributed by atoms with Crippen molar-refractivity contribution in [1.82, 2.24) is 0 Å². The van der Waals surface area contributed by atoms with Crippen molar-refractivity contribution < 1.29 is 18.3 Å². The number of halogens is 3. The van der Waals surface area contributed by atoms with Crippen molar-refractivity contribution >= 4 is 0 Å². The number of benzene rings is 1. The van der Waals surface area contributed by atoms with Crippen molar-refractivity contribution in [2.45, 2.75) is 38.7 Å². The lowest BCUT2D eigenvalue weighted by Gasteiger charge is -2.38. The van der Waals surface area contributed by atoms with E-state index in [0.29, 0.717) is 12.8 Å². The smallest absolute Gasteiger partial charge is 0.194 e. The molecule has 1 fully saturated rings. The molecule has 20 heavy (non-hydrogen) atoms. The predicted octanol–water partition coefficient (Wildman–Crippen LogP) is 3.86. The van der Waals surface area contributed by atoms with Gasteiger partial charge in [0.15, 0.2) is 17.5 Å². The maximum absolute atomic E-state index is 13.3. The highest BCUT2D eigenvalue weighted by molar-refractivity contribution is 5.26. The number of nitrogens with zero attached hydrogens (tertiary/aromatic N) is 1. The van der Waals surface area contributed by atoms with E-state index in [9.17, 15) is 23.5 Å². The van der Waals surface area contributed by atoms with Crippen molar-refractivity contribution in [3.63, 3.8) is 0 Å². The maximum Gasteiger partial charge on any atom is 0.194 e. The van der Waals surface area contributed by atoms with Gasteiger partial charge < -0.3 is 5.11 Å². The van der Waals surface area contributed by atoms with Crippen LogP contribution in [0.25, 0.3) is 0 Å². The third-order valence-corrected chi connectivity index (χ3v) is 4.10. The molecule has 108 valence electrons. The Morgan fingerprint density at radius 3 is 2.45 bits per heavy atom. The molecular formula is C15H16F3NO. The van der Waals surface area contributed by atoms with E-state index in [1.807, 2.05) is 6.92 Å². The summed E-state index contributed by atoms with van der Waals surface area (Å²) in [5, 5.41) is 19.8. The standard InChI is InChI=1S/C15H16F3NO/c1-9-3-2-4-15(7-9,8-19)14(20)10-5-11(16)13(18)12(17)6-10/h5-6,9,14,20H,2-4,7H2,1H3. The van der Waals surface area contributed by atoms with Crippen molar-refractivity contribution in [1.29, 1.82) is 5.26 Å². The molecule has 3 atom stereocenters. The zero-order valence-electron chi connectivity index (χ0n) is 11.2. The molecule has 0 aromatic heterocycles. The molecular weight excluding hydrogens is 267 g/mol. The van der Waals surface area contributed by atoms with Crippen molar-refractivity contribution in [2.75, 3.05) is 0 Å². The minimum atomic E-state index is -1.57. The molecule has 2 rings (SSSR count). The number of hydrogen-bond donors (Lipinski definition) is 1. The molecule has 0 aliphatic heterocycles. The van der Waals surface area contributed by atoms with Gasteiger partial charge in [0.2, 0.25) is 0 Å². The van der Waals surface area contributed by atoms with E-state index in [0.717, 1.165) is 25.0 Å². The number of aliphatic hydroxyl groups is 1. The number of rotatable bonds is 2. The molecule has 1 N–H and O–H groups in total. The molecule has 1 aromatic rings. The third-order valence-electron chi connectivity index (χ3n) is 4.10. The Kier molecular flexibility index (Phi) is 4.05. The minimum Gasteiger partial charge on any atom is -0.387 e. The zero-order valence-corrected chi connectivity index (χ0v) is 11.2. The van der Waals surface area contributed by atoms with E-state index in [4.69, 9.17) is 0 Å². The molecule has 1 aliphatic carbocycles. The van der Waals surface area contributed by atoms with Gasteiger partial charge in [-0.25, -0.2) is 13.2 Å². The Bertz CT molecular complexity index is 532. The highest BCUT2D eigenvalue weighted by Crippen LogP contribution is 2.47. The first-order valence-electron chi connectivity index (χ1n) is 6.63. The second kappa shape index (κ2) is 5.45. The van der Waals surface area contributed by atoms with Crippen LogP contribution in [0.5, 0.6) is 0 Å². The summed E-state index contributed by atoms with van der Waals surface area (Å²) in [5.41, 5.74) is -1.15. The fourth-order valence-corrected chi connectivity index (χ4v) is 3.05. The maximum atomic E-state index is 13.3. The largest absolute Gasteiger partial charge is 0.387 e. The van der Waals surface area contributed by atoms with Crippen LogP contribution in [-0.4, -0.2) is 5.11 Å². The molecule has 3 unspecified atom stereocenters. The van der Waals surface area contributed by atoms with E-state index in [1.54, 1.807) is 0 Å². The van der Waals surface area contributed by atoms with Gasteiger partial charge >= 0.3 is 0 Å². The second-order valence-electron chi connectivity index (χ2n) is 5.67.